The third-order valence-corrected chi connectivity index (χ3v) is 1.31. The van der Waals surface area contributed by atoms with Gasteiger partial charge in [-0.25, -0.2) is 5.84 Å². The summed E-state index contributed by atoms with van der Waals surface area (Å²) in [5.41, 5.74) is 2.17. The van der Waals surface area contributed by atoms with Crippen molar-refractivity contribution in [1.29, 1.82) is 0 Å². The minimum Gasteiger partial charge on any atom is -0.309 e. The van der Waals surface area contributed by atoms with Crippen molar-refractivity contribution in [3.8, 4) is 0 Å². The van der Waals surface area contributed by atoms with Crippen molar-refractivity contribution in [1.82, 2.24) is 5.43 Å². The fourth-order valence-electron chi connectivity index (χ4n) is 0.160. The van der Waals surface area contributed by atoms with E-state index in [-0.39, 0.29) is 56.5 Å². The molecule has 1 radical (unpaired) electrons. The average molecular weight is 189 g/mol. The zero-order valence-electron chi connectivity index (χ0n) is 5.30. The molecule has 3 nitrogen and oxygen atoms in total. The van der Waals surface area contributed by atoms with Crippen LogP contribution in [0.1, 0.15) is 6.92 Å². The number of nitrogens with one attached hydrogen (secondary N) is 1. The summed E-state index contributed by atoms with van der Waals surface area (Å²) in [4.78, 5) is 10.2. The van der Waals surface area contributed by atoms with Gasteiger partial charge >= 0.3 is 0 Å². The molecule has 0 unspecified atom stereocenters. The maximum Gasteiger partial charge on any atom is 0.192 e. The topological polar surface area (TPSA) is 55.1 Å². The molecule has 6 heteroatoms. The number of nitrogens with two attached hydrogens (primary N) is 1. The molecule has 0 atom stereocenters. The first kappa shape index (κ1) is 13.1. The van der Waals surface area contributed by atoms with Crippen molar-refractivity contribution in [3.05, 3.63) is 0 Å². The van der Waals surface area contributed by atoms with E-state index < -0.39 is 0 Å². The Kier molecular flexibility index (Phi) is 11.1. The van der Waals surface area contributed by atoms with E-state index in [1.54, 1.807) is 0 Å². The van der Waals surface area contributed by atoms with Crippen LogP contribution < -0.4 is 11.3 Å². The van der Waals surface area contributed by atoms with Gasteiger partial charge in [-0.3, -0.25) is 4.79 Å². The zero-order chi connectivity index (χ0) is 6.57. The standard InChI is InChI=1S/C3H6N2OS2.K/c1-2(6)8-3(7)5-4;/h4H2,1H3,(H,5,7);. The first-order valence-corrected chi connectivity index (χ1v) is 3.08. The number of carbonyl (C=O) groups excluding carboxylic acids is 1. The largest absolute Gasteiger partial charge is 0.309 e. The Labute approximate surface area is 106 Å². The number of hydrazine groups is 1. The molecule has 3 N–H and O–H groups in total. The van der Waals surface area contributed by atoms with Gasteiger partial charge in [-0.15, -0.1) is 0 Å². The molecular weight excluding hydrogens is 183 g/mol. The smallest absolute Gasteiger partial charge is 0.192 e. The van der Waals surface area contributed by atoms with E-state index in [4.69, 9.17) is 5.84 Å². The van der Waals surface area contributed by atoms with E-state index >= 15 is 0 Å². The van der Waals surface area contributed by atoms with Gasteiger partial charge in [-0.1, -0.05) is 12.2 Å². The Morgan fingerprint density at radius 1 is 1.78 bits per heavy atom. The molecule has 0 saturated carbocycles. The van der Waals surface area contributed by atoms with Crippen molar-refractivity contribution in [3.63, 3.8) is 0 Å². The second-order valence-electron chi connectivity index (χ2n) is 1.03. The molecule has 0 aromatic carbocycles. The molecule has 0 fully saturated rings. The first-order chi connectivity index (χ1) is 3.66. The molecule has 0 spiro atoms. The monoisotopic (exact) mass is 189 g/mol. The van der Waals surface area contributed by atoms with E-state index in [2.05, 4.69) is 17.6 Å². The van der Waals surface area contributed by atoms with Crippen LogP contribution in [0.4, 0.5) is 0 Å². The van der Waals surface area contributed by atoms with E-state index in [1.807, 2.05) is 0 Å². The summed E-state index contributed by atoms with van der Waals surface area (Å²) in [7, 11) is 0. The summed E-state index contributed by atoms with van der Waals surface area (Å²) in [6, 6.07) is 0. The molecule has 9 heavy (non-hydrogen) atoms. The number of thioether (sulfide) groups is 1. The van der Waals surface area contributed by atoms with Gasteiger partial charge in [0.1, 0.15) is 0 Å². The maximum atomic E-state index is 10.2. The Bertz CT molecular complexity index is 118. The van der Waals surface area contributed by atoms with Crippen LogP contribution in [0.15, 0.2) is 0 Å². The van der Waals surface area contributed by atoms with Gasteiger partial charge in [-0.2, -0.15) is 0 Å². The number of hydrogen-bond donors (Lipinski definition) is 2. The van der Waals surface area contributed by atoms with Crippen LogP contribution in [0.3, 0.4) is 0 Å². The van der Waals surface area contributed by atoms with E-state index in [1.165, 1.54) is 6.92 Å². The van der Waals surface area contributed by atoms with Gasteiger partial charge < -0.3 is 5.43 Å². The molecule has 0 aliphatic carbocycles. The SMILES string of the molecule is CC(=O)SC(=S)NN.[K]. The molecule has 0 bridgehead atoms. The molecule has 0 aromatic heterocycles. The first-order valence-electron chi connectivity index (χ1n) is 1.86. The fourth-order valence-corrected chi connectivity index (χ4v) is 0.832. The van der Waals surface area contributed by atoms with Crippen molar-refractivity contribution in [2.24, 2.45) is 5.84 Å². The molecular formula is C3H6KN2OS2. The number of carbonyl (C=O) groups is 1. The van der Waals surface area contributed by atoms with Crippen molar-refractivity contribution < 1.29 is 4.79 Å². The number of hydrogen-bond acceptors (Lipinski definition) is 4. The van der Waals surface area contributed by atoms with Crippen molar-refractivity contribution >= 4 is 84.8 Å². The Balaban J connectivity index is 0. The summed E-state index contributed by atoms with van der Waals surface area (Å²) in [5.74, 6) is 4.86. The molecule has 0 aliphatic heterocycles. The molecule has 0 saturated heterocycles. The second kappa shape index (κ2) is 7.61. The molecule has 0 amide bonds. The van der Waals surface area contributed by atoms with Gasteiger partial charge in [-0.05, 0) is 11.8 Å². The van der Waals surface area contributed by atoms with Crippen LogP contribution in [0, 0.1) is 0 Å². The van der Waals surface area contributed by atoms with E-state index in [0.29, 0.717) is 4.32 Å². The normalized spacial score (nSPS) is 7.33. The average Bonchev–Trinajstić information content (AvgIpc) is 1.65. The van der Waals surface area contributed by atoms with E-state index in [0.717, 1.165) is 11.8 Å². The van der Waals surface area contributed by atoms with Crippen LogP contribution in [0.5, 0.6) is 0 Å². The zero-order valence-corrected chi connectivity index (χ0v) is 10.1. The molecule has 0 aromatic rings. The van der Waals surface area contributed by atoms with Gasteiger partial charge in [0, 0.05) is 58.3 Å². The summed E-state index contributed by atoms with van der Waals surface area (Å²) >= 11 is 5.45. The Morgan fingerprint density at radius 3 is 2.33 bits per heavy atom. The molecule has 47 valence electrons. The van der Waals surface area contributed by atoms with Crippen LogP contribution in [0.2, 0.25) is 0 Å². The summed E-state index contributed by atoms with van der Waals surface area (Å²) in [6.45, 7) is 1.42. The van der Waals surface area contributed by atoms with Crippen molar-refractivity contribution in [2.45, 2.75) is 6.92 Å². The third kappa shape index (κ3) is 9.51. The third-order valence-electron chi connectivity index (χ3n) is 0.354. The predicted octanol–water partition coefficient (Wildman–Crippen LogP) is -0.366. The second-order valence-corrected chi connectivity index (χ2v) is 2.88. The Morgan fingerprint density at radius 2 is 2.22 bits per heavy atom. The number of thiocarbonyl (C=S) groups is 1. The summed E-state index contributed by atoms with van der Waals surface area (Å²) < 4.78 is 0.303. The van der Waals surface area contributed by atoms with Crippen LogP contribution in [-0.2, 0) is 4.79 Å². The van der Waals surface area contributed by atoms with Gasteiger partial charge in [0.2, 0.25) is 0 Å². The molecule has 0 heterocycles. The molecule has 0 rings (SSSR count). The van der Waals surface area contributed by atoms with Gasteiger partial charge in [0.05, 0.1) is 0 Å². The quantitative estimate of drug-likeness (QED) is 0.236. The summed E-state index contributed by atoms with van der Waals surface area (Å²) in [6.07, 6.45) is 0. The van der Waals surface area contributed by atoms with Crippen LogP contribution in [0.25, 0.3) is 0 Å². The van der Waals surface area contributed by atoms with Gasteiger partial charge in [0.25, 0.3) is 0 Å². The maximum absolute atomic E-state index is 10.2. The Hall–Kier alpha value is 1.51. The van der Waals surface area contributed by atoms with E-state index in [9.17, 15) is 4.79 Å². The van der Waals surface area contributed by atoms with Gasteiger partial charge in [0.15, 0.2) is 9.44 Å². The number of rotatable bonds is 0. The predicted molar refractivity (Wildman–Crippen MR) is 43.9 cm³/mol. The molecule has 0 aliphatic rings. The summed E-state index contributed by atoms with van der Waals surface area (Å²) in [5, 5.41) is -0.0621. The fraction of sp³-hybridized carbons (Fsp3) is 0.333. The van der Waals surface area contributed by atoms with Crippen molar-refractivity contribution in [2.75, 3.05) is 0 Å². The van der Waals surface area contributed by atoms with Crippen LogP contribution in [-0.4, -0.2) is 60.8 Å². The van der Waals surface area contributed by atoms with Crippen LogP contribution >= 0.6 is 24.0 Å². The minimum absolute atomic E-state index is 0. The minimum atomic E-state index is -0.0621.